The molecule has 0 bridgehead atoms. The third kappa shape index (κ3) is 4.47. The highest BCUT2D eigenvalue weighted by molar-refractivity contribution is 7.89. The summed E-state index contributed by atoms with van der Waals surface area (Å²) in [7, 11) is -3.74. The van der Waals surface area contributed by atoms with Gasteiger partial charge in [-0.05, 0) is 35.7 Å². The first-order valence-electron chi connectivity index (χ1n) is 9.76. The van der Waals surface area contributed by atoms with E-state index >= 15 is 0 Å². The van der Waals surface area contributed by atoms with Gasteiger partial charge in [0.1, 0.15) is 0 Å². The molecule has 1 unspecified atom stereocenters. The van der Waals surface area contributed by atoms with Gasteiger partial charge < -0.3 is 4.74 Å². The van der Waals surface area contributed by atoms with Crippen molar-refractivity contribution in [1.29, 1.82) is 0 Å². The molecule has 2 aromatic rings. The van der Waals surface area contributed by atoms with Crippen LogP contribution in [0.3, 0.4) is 0 Å². The quantitative estimate of drug-likeness (QED) is 0.647. The molecule has 1 aromatic carbocycles. The first-order valence-corrected chi connectivity index (χ1v) is 12.1. The Morgan fingerprint density at radius 3 is 2.30 bits per heavy atom. The maximum atomic E-state index is 12.9. The van der Waals surface area contributed by atoms with Crippen molar-refractivity contribution in [3.8, 4) is 0 Å². The first kappa shape index (κ1) is 21.1. The summed E-state index contributed by atoms with van der Waals surface area (Å²) in [6.07, 6.45) is 0.373. The maximum Gasteiger partial charge on any atom is 0.240 e. The van der Waals surface area contributed by atoms with Gasteiger partial charge in [0.25, 0.3) is 0 Å². The van der Waals surface area contributed by atoms with Gasteiger partial charge in [0, 0.05) is 37.4 Å². The van der Waals surface area contributed by atoms with E-state index in [-0.39, 0.29) is 42.1 Å². The van der Waals surface area contributed by atoms with Crippen LogP contribution in [0.15, 0.2) is 46.7 Å². The number of carbonyl (C=O) groups is 2. The normalized spacial score (nSPS) is 19.4. The van der Waals surface area contributed by atoms with E-state index < -0.39 is 10.0 Å². The Balaban J connectivity index is 1.47. The van der Waals surface area contributed by atoms with Gasteiger partial charge in [-0.1, -0.05) is 6.07 Å². The van der Waals surface area contributed by atoms with E-state index in [9.17, 15) is 18.0 Å². The molecule has 2 aliphatic heterocycles. The van der Waals surface area contributed by atoms with Crippen LogP contribution in [-0.4, -0.2) is 58.0 Å². The zero-order chi connectivity index (χ0) is 21.1. The number of carbonyl (C=O) groups excluding carboxylic acids is 2. The molecule has 1 aromatic heterocycles. The standard InChI is InChI=1S/C20H23N3O5S2/c24-19-7-8-20(25)23(19)15-3-5-16(6-4-15)30(26,27)21-14-17(18-2-1-13-29-18)22-9-11-28-12-10-22/h1-6,13,17,21H,7-12,14H2. The van der Waals surface area contributed by atoms with E-state index in [1.54, 1.807) is 11.3 Å². The number of anilines is 1. The Labute approximate surface area is 179 Å². The third-order valence-electron chi connectivity index (χ3n) is 5.28. The van der Waals surface area contributed by atoms with E-state index in [4.69, 9.17) is 4.74 Å². The number of hydrogen-bond donors (Lipinski definition) is 1. The van der Waals surface area contributed by atoms with Gasteiger partial charge in [0.15, 0.2) is 0 Å². The molecule has 3 heterocycles. The van der Waals surface area contributed by atoms with Crippen molar-refractivity contribution in [1.82, 2.24) is 9.62 Å². The first-order chi connectivity index (χ1) is 14.5. The van der Waals surface area contributed by atoms with E-state index in [0.29, 0.717) is 18.9 Å². The second kappa shape index (κ2) is 8.94. The van der Waals surface area contributed by atoms with Gasteiger partial charge in [-0.3, -0.25) is 19.4 Å². The van der Waals surface area contributed by atoms with Crippen LogP contribution >= 0.6 is 11.3 Å². The summed E-state index contributed by atoms with van der Waals surface area (Å²) >= 11 is 1.60. The van der Waals surface area contributed by atoms with Crippen molar-refractivity contribution in [3.63, 3.8) is 0 Å². The van der Waals surface area contributed by atoms with Crippen LogP contribution in [0.25, 0.3) is 0 Å². The molecular weight excluding hydrogens is 426 g/mol. The summed E-state index contributed by atoms with van der Waals surface area (Å²) in [5.41, 5.74) is 0.395. The van der Waals surface area contributed by atoms with Gasteiger partial charge in [-0.2, -0.15) is 0 Å². The van der Waals surface area contributed by atoms with E-state index in [1.165, 1.54) is 24.3 Å². The SMILES string of the molecule is O=C1CCC(=O)N1c1ccc(S(=O)(=O)NCC(c2cccs2)N2CCOCC2)cc1. The molecule has 2 aliphatic rings. The van der Waals surface area contributed by atoms with Gasteiger partial charge in [0.05, 0.1) is 29.8 Å². The molecular formula is C20H23N3O5S2. The summed E-state index contributed by atoms with van der Waals surface area (Å²) < 4.78 is 33.8. The summed E-state index contributed by atoms with van der Waals surface area (Å²) in [4.78, 5) is 28.3. The Kier molecular flexibility index (Phi) is 6.30. The number of ether oxygens (including phenoxy) is 1. The number of sulfonamides is 1. The molecule has 160 valence electrons. The number of imide groups is 1. The van der Waals surface area contributed by atoms with Gasteiger partial charge >= 0.3 is 0 Å². The Morgan fingerprint density at radius 2 is 1.70 bits per heavy atom. The van der Waals surface area contributed by atoms with Crippen LogP contribution < -0.4 is 9.62 Å². The molecule has 8 nitrogen and oxygen atoms in total. The third-order valence-corrected chi connectivity index (χ3v) is 7.69. The molecule has 0 aliphatic carbocycles. The zero-order valence-corrected chi connectivity index (χ0v) is 18.0. The fraction of sp³-hybridized carbons (Fsp3) is 0.400. The number of amides is 2. The number of hydrogen-bond acceptors (Lipinski definition) is 7. The average Bonchev–Trinajstić information content (AvgIpc) is 3.39. The number of thiophene rings is 1. The zero-order valence-electron chi connectivity index (χ0n) is 16.3. The minimum absolute atomic E-state index is 0.0669. The molecule has 0 spiro atoms. The van der Waals surface area contributed by atoms with Crippen molar-refractivity contribution >= 4 is 38.9 Å². The number of benzene rings is 1. The molecule has 0 saturated carbocycles. The van der Waals surface area contributed by atoms with Crippen LogP contribution in [0.4, 0.5) is 5.69 Å². The summed E-state index contributed by atoms with van der Waals surface area (Å²) in [6.45, 7) is 3.00. The fourth-order valence-electron chi connectivity index (χ4n) is 3.69. The Morgan fingerprint density at radius 1 is 1.03 bits per heavy atom. The topological polar surface area (TPSA) is 96.0 Å². The minimum atomic E-state index is -3.74. The lowest BCUT2D eigenvalue weighted by molar-refractivity contribution is -0.121. The number of rotatable bonds is 7. The molecule has 0 radical (unpaired) electrons. The molecule has 1 N–H and O–H groups in total. The lowest BCUT2D eigenvalue weighted by Gasteiger charge is -2.34. The maximum absolute atomic E-state index is 12.9. The second-order valence-electron chi connectivity index (χ2n) is 7.15. The molecule has 1 atom stereocenters. The van der Waals surface area contributed by atoms with E-state index in [0.717, 1.165) is 22.9 Å². The predicted octanol–water partition coefficient (Wildman–Crippen LogP) is 1.75. The Bertz CT molecular complexity index is 984. The van der Waals surface area contributed by atoms with Crippen molar-refractivity contribution < 1.29 is 22.7 Å². The molecule has 30 heavy (non-hydrogen) atoms. The monoisotopic (exact) mass is 449 g/mol. The molecule has 2 saturated heterocycles. The smallest absolute Gasteiger partial charge is 0.240 e. The highest BCUT2D eigenvalue weighted by Gasteiger charge is 2.31. The summed E-state index contributed by atoms with van der Waals surface area (Å²) in [5, 5.41) is 1.98. The van der Waals surface area contributed by atoms with E-state index in [1.807, 2.05) is 17.5 Å². The minimum Gasteiger partial charge on any atom is -0.379 e. The molecule has 2 fully saturated rings. The highest BCUT2D eigenvalue weighted by Crippen LogP contribution is 2.27. The number of nitrogens with one attached hydrogen (secondary N) is 1. The van der Waals surface area contributed by atoms with Crippen LogP contribution in [0, 0.1) is 0 Å². The van der Waals surface area contributed by atoms with E-state index in [2.05, 4.69) is 9.62 Å². The molecule has 4 rings (SSSR count). The van der Waals surface area contributed by atoms with Crippen molar-refractivity contribution in [2.24, 2.45) is 0 Å². The van der Waals surface area contributed by atoms with Crippen LogP contribution in [0.2, 0.25) is 0 Å². The van der Waals surface area contributed by atoms with Crippen LogP contribution in [0.5, 0.6) is 0 Å². The predicted molar refractivity (Wildman–Crippen MR) is 113 cm³/mol. The molecule has 2 amide bonds. The lowest BCUT2D eigenvalue weighted by atomic mass is 10.2. The van der Waals surface area contributed by atoms with Gasteiger partial charge in [0.2, 0.25) is 21.8 Å². The average molecular weight is 450 g/mol. The Hall–Kier alpha value is -2.11. The number of morpholine rings is 1. The van der Waals surface area contributed by atoms with Crippen LogP contribution in [-0.2, 0) is 24.3 Å². The van der Waals surface area contributed by atoms with Gasteiger partial charge in [-0.15, -0.1) is 11.3 Å². The lowest BCUT2D eigenvalue weighted by Crippen LogP contribution is -2.43. The molecule has 10 heteroatoms. The fourth-order valence-corrected chi connectivity index (χ4v) is 5.59. The summed E-state index contributed by atoms with van der Waals surface area (Å²) in [6, 6.07) is 9.74. The second-order valence-corrected chi connectivity index (χ2v) is 9.89. The van der Waals surface area contributed by atoms with Crippen LogP contribution in [0.1, 0.15) is 23.8 Å². The van der Waals surface area contributed by atoms with Crippen molar-refractivity contribution in [2.75, 3.05) is 37.7 Å². The van der Waals surface area contributed by atoms with Gasteiger partial charge in [-0.25, -0.2) is 13.1 Å². The largest absolute Gasteiger partial charge is 0.379 e. The summed E-state index contributed by atoms with van der Waals surface area (Å²) in [5.74, 6) is -0.531. The van der Waals surface area contributed by atoms with Crippen molar-refractivity contribution in [3.05, 3.63) is 46.7 Å². The number of nitrogens with zero attached hydrogens (tertiary/aromatic N) is 2. The highest BCUT2D eigenvalue weighted by atomic mass is 32.2. The van der Waals surface area contributed by atoms with Crippen molar-refractivity contribution in [2.45, 2.75) is 23.8 Å².